The summed E-state index contributed by atoms with van der Waals surface area (Å²) in [4.78, 5) is 9.15. The molecule has 0 spiro atoms. The Morgan fingerprint density at radius 1 is 1.37 bits per heavy atom. The summed E-state index contributed by atoms with van der Waals surface area (Å²) in [5.74, 6) is 2.90. The van der Waals surface area contributed by atoms with Crippen LogP contribution in [0.2, 0.25) is 0 Å². The number of imidazole rings is 1. The van der Waals surface area contributed by atoms with Gasteiger partial charge in [0.15, 0.2) is 5.65 Å². The van der Waals surface area contributed by atoms with Gasteiger partial charge in [0.05, 0.1) is 5.88 Å². The zero-order valence-corrected chi connectivity index (χ0v) is 12.3. The second kappa shape index (κ2) is 5.12. The third-order valence-corrected chi connectivity index (χ3v) is 4.60. The van der Waals surface area contributed by atoms with E-state index in [0.29, 0.717) is 17.8 Å². The fourth-order valence-electron chi connectivity index (χ4n) is 3.45. The number of aromatic nitrogens is 3. The van der Waals surface area contributed by atoms with Crippen LogP contribution in [0.15, 0.2) is 18.3 Å². The van der Waals surface area contributed by atoms with Gasteiger partial charge in [-0.3, -0.25) is 0 Å². The Kier molecular flexibility index (Phi) is 3.48. The smallest absolute Gasteiger partial charge is 0.160 e. The molecule has 19 heavy (non-hydrogen) atoms. The molecule has 102 valence electrons. The number of halogens is 1. The van der Waals surface area contributed by atoms with Crippen LogP contribution in [-0.4, -0.2) is 14.5 Å². The standard InChI is InChI=1S/C15H20ClN3/c1-10-5-6-13(11(2)8-10)19-14(9-16)18-12-4-3-7-17-15(12)19/h3-4,7,10-11,13H,5-6,8-9H2,1-2H3. The maximum absolute atomic E-state index is 6.09. The lowest BCUT2D eigenvalue weighted by Gasteiger charge is -2.34. The molecule has 1 saturated carbocycles. The van der Waals surface area contributed by atoms with Gasteiger partial charge in [-0.05, 0) is 43.2 Å². The van der Waals surface area contributed by atoms with E-state index in [-0.39, 0.29) is 0 Å². The molecule has 0 bridgehead atoms. The summed E-state index contributed by atoms with van der Waals surface area (Å²) < 4.78 is 2.29. The van der Waals surface area contributed by atoms with Gasteiger partial charge in [-0.15, -0.1) is 11.6 Å². The maximum Gasteiger partial charge on any atom is 0.160 e. The minimum Gasteiger partial charge on any atom is -0.308 e. The Morgan fingerprint density at radius 3 is 2.95 bits per heavy atom. The van der Waals surface area contributed by atoms with Crippen molar-refractivity contribution in [3.8, 4) is 0 Å². The average Bonchev–Trinajstić information content (AvgIpc) is 2.77. The molecule has 0 saturated heterocycles. The molecular formula is C15H20ClN3. The Balaban J connectivity index is 2.08. The topological polar surface area (TPSA) is 30.7 Å². The molecule has 2 aromatic heterocycles. The van der Waals surface area contributed by atoms with E-state index in [9.17, 15) is 0 Å². The van der Waals surface area contributed by atoms with Crippen LogP contribution in [0.25, 0.3) is 11.2 Å². The first-order valence-electron chi connectivity index (χ1n) is 7.08. The third-order valence-electron chi connectivity index (χ3n) is 4.36. The van der Waals surface area contributed by atoms with Gasteiger partial charge >= 0.3 is 0 Å². The predicted molar refractivity (Wildman–Crippen MR) is 78.3 cm³/mol. The van der Waals surface area contributed by atoms with Crippen LogP contribution in [0.4, 0.5) is 0 Å². The van der Waals surface area contributed by atoms with Gasteiger partial charge < -0.3 is 4.57 Å². The van der Waals surface area contributed by atoms with Crippen molar-refractivity contribution < 1.29 is 0 Å². The zero-order valence-electron chi connectivity index (χ0n) is 11.5. The van der Waals surface area contributed by atoms with E-state index in [1.54, 1.807) is 0 Å². The van der Waals surface area contributed by atoms with Crippen LogP contribution >= 0.6 is 11.6 Å². The van der Waals surface area contributed by atoms with Gasteiger partial charge in [-0.2, -0.15) is 0 Å². The number of hydrogen-bond acceptors (Lipinski definition) is 2. The van der Waals surface area contributed by atoms with E-state index in [4.69, 9.17) is 11.6 Å². The van der Waals surface area contributed by atoms with Crippen molar-refractivity contribution in [1.82, 2.24) is 14.5 Å². The highest BCUT2D eigenvalue weighted by Gasteiger charge is 2.29. The molecule has 3 nitrogen and oxygen atoms in total. The summed E-state index contributed by atoms with van der Waals surface area (Å²) in [5.41, 5.74) is 1.95. The van der Waals surface area contributed by atoms with E-state index in [2.05, 4.69) is 28.4 Å². The van der Waals surface area contributed by atoms with Crippen LogP contribution in [0.3, 0.4) is 0 Å². The summed E-state index contributed by atoms with van der Waals surface area (Å²) in [6.45, 7) is 4.69. The molecule has 2 aromatic rings. The van der Waals surface area contributed by atoms with Crippen molar-refractivity contribution in [2.75, 3.05) is 0 Å². The molecule has 3 rings (SSSR count). The fourth-order valence-corrected chi connectivity index (χ4v) is 3.64. The first kappa shape index (κ1) is 12.9. The largest absolute Gasteiger partial charge is 0.308 e. The van der Waals surface area contributed by atoms with Gasteiger partial charge in [-0.25, -0.2) is 9.97 Å². The first-order valence-corrected chi connectivity index (χ1v) is 7.62. The molecule has 0 N–H and O–H groups in total. The minimum absolute atomic E-state index is 0.454. The number of nitrogens with zero attached hydrogens (tertiary/aromatic N) is 3. The van der Waals surface area contributed by atoms with Crippen LogP contribution in [0.1, 0.15) is 45.0 Å². The lowest BCUT2D eigenvalue weighted by atomic mass is 9.79. The van der Waals surface area contributed by atoms with Gasteiger partial charge in [-0.1, -0.05) is 13.8 Å². The Bertz CT molecular complexity index is 578. The third kappa shape index (κ3) is 2.25. The van der Waals surface area contributed by atoms with Crippen molar-refractivity contribution in [3.05, 3.63) is 24.2 Å². The van der Waals surface area contributed by atoms with Gasteiger partial charge in [0.1, 0.15) is 11.3 Å². The molecule has 1 fully saturated rings. The van der Waals surface area contributed by atoms with E-state index < -0.39 is 0 Å². The fraction of sp³-hybridized carbons (Fsp3) is 0.600. The minimum atomic E-state index is 0.454. The molecule has 0 aliphatic heterocycles. The molecule has 1 aliphatic rings. The van der Waals surface area contributed by atoms with E-state index in [1.807, 2.05) is 18.3 Å². The van der Waals surface area contributed by atoms with E-state index in [1.165, 1.54) is 19.3 Å². The van der Waals surface area contributed by atoms with Gasteiger partial charge in [0.2, 0.25) is 0 Å². The number of pyridine rings is 1. The molecule has 0 aromatic carbocycles. The lowest BCUT2D eigenvalue weighted by molar-refractivity contribution is 0.208. The second-order valence-electron chi connectivity index (χ2n) is 5.84. The van der Waals surface area contributed by atoms with Crippen LogP contribution in [-0.2, 0) is 5.88 Å². The van der Waals surface area contributed by atoms with E-state index >= 15 is 0 Å². The van der Waals surface area contributed by atoms with Crippen LogP contribution < -0.4 is 0 Å². The Labute approximate surface area is 119 Å². The predicted octanol–water partition coefficient (Wildman–Crippen LogP) is 4.17. The molecule has 4 heteroatoms. The van der Waals surface area contributed by atoms with Crippen molar-refractivity contribution in [3.63, 3.8) is 0 Å². The summed E-state index contributed by atoms with van der Waals surface area (Å²) in [6.07, 6.45) is 5.60. The van der Waals surface area contributed by atoms with Crippen LogP contribution in [0, 0.1) is 11.8 Å². The summed E-state index contributed by atoms with van der Waals surface area (Å²) in [6, 6.07) is 4.44. The van der Waals surface area contributed by atoms with Crippen molar-refractivity contribution in [2.24, 2.45) is 11.8 Å². The summed E-state index contributed by atoms with van der Waals surface area (Å²) in [7, 11) is 0. The van der Waals surface area contributed by atoms with Crippen molar-refractivity contribution in [1.29, 1.82) is 0 Å². The SMILES string of the molecule is CC1CCC(n2c(CCl)nc3cccnc32)C(C)C1. The van der Waals surface area contributed by atoms with Crippen molar-refractivity contribution >= 4 is 22.8 Å². The molecule has 0 amide bonds. The summed E-state index contributed by atoms with van der Waals surface area (Å²) in [5, 5.41) is 0. The monoisotopic (exact) mass is 277 g/mol. The van der Waals surface area contributed by atoms with Crippen molar-refractivity contribution in [2.45, 2.75) is 45.0 Å². The molecule has 0 radical (unpaired) electrons. The normalized spacial score (nSPS) is 27.8. The summed E-state index contributed by atoms with van der Waals surface area (Å²) >= 11 is 6.09. The number of rotatable bonds is 2. The highest BCUT2D eigenvalue weighted by molar-refractivity contribution is 6.16. The number of fused-ring (bicyclic) bond motifs is 1. The molecule has 3 unspecified atom stereocenters. The molecular weight excluding hydrogens is 258 g/mol. The van der Waals surface area contributed by atoms with E-state index in [0.717, 1.165) is 22.9 Å². The average molecular weight is 278 g/mol. The zero-order chi connectivity index (χ0) is 13.4. The molecule has 2 heterocycles. The Hall–Kier alpha value is -1.09. The van der Waals surface area contributed by atoms with Gasteiger partial charge in [0.25, 0.3) is 0 Å². The molecule has 3 atom stereocenters. The molecule has 1 aliphatic carbocycles. The number of hydrogen-bond donors (Lipinski definition) is 0. The van der Waals surface area contributed by atoms with Gasteiger partial charge in [0, 0.05) is 12.2 Å². The first-order chi connectivity index (χ1) is 9.20. The second-order valence-corrected chi connectivity index (χ2v) is 6.11. The highest BCUT2D eigenvalue weighted by Crippen LogP contribution is 2.38. The lowest BCUT2D eigenvalue weighted by Crippen LogP contribution is -2.26. The maximum atomic E-state index is 6.09. The Morgan fingerprint density at radius 2 is 2.21 bits per heavy atom. The van der Waals surface area contributed by atoms with Crippen LogP contribution in [0.5, 0.6) is 0 Å². The quantitative estimate of drug-likeness (QED) is 0.772. The number of alkyl halides is 1. The highest BCUT2D eigenvalue weighted by atomic mass is 35.5.